The minimum Gasteiger partial charge on any atom is -0.469 e. The number of rotatable bonds is 4. The van der Waals surface area contributed by atoms with Gasteiger partial charge in [0, 0.05) is 26.4 Å². The molecule has 0 unspecified atom stereocenters. The normalized spacial score (nSPS) is 11.5. The number of hydrogen-bond acceptors (Lipinski definition) is 2. The third-order valence-electron chi connectivity index (χ3n) is 2.38. The minimum atomic E-state index is 0.0516. The zero-order chi connectivity index (χ0) is 12.2. The van der Waals surface area contributed by atoms with E-state index >= 15 is 0 Å². The highest BCUT2D eigenvalue weighted by Gasteiger charge is 2.18. The van der Waals surface area contributed by atoms with Gasteiger partial charge in [0.05, 0.1) is 6.26 Å². The van der Waals surface area contributed by atoms with Crippen LogP contribution in [-0.4, -0.2) is 24.4 Å². The molecule has 1 heterocycles. The smallest absolute Gasteiger partial charge is 0.222 e. The van der Waals surface area contributed by atoms with Gasteiger partial charge in [-0.15, -0.1) is 0 Å². The average molecular weight is 223 g/mol. The van der Waals surface area contributed by atoms with Crippen LogP contribution in [-0.2, 0) is 11.2 Å². The molecule has 1 aromatic rings. The molecule has 0 radical (unpaired) electrons. The van der Waals surface area contributed by atoms with Gasteiger partial charge >= 0.3 is 0 Å². The molecule has 0 atom stereocenters. The van der Waals surface area contributed by atoms with Gasteiger partial charge in [0.25, 0.3) is 0 Å². The molecule has 3 nitrogen and oxygen atoms in total. The fraction of sp³-hybridized carbons (Fsp3) is 0.615. The molecule has 0 saturated heterocycles. The van der Waals surface area contributed by atoms with Crippen LogP contribution in [0.2, 0.25) is 0 Å². The quantitative estimate of drug-likeness (QED) is 0.786. The predicted octanol–water partition coefficient (Wildman–Crippen LogP) is 2.72. The number of carbonyl (C=O) groups is 1. The Bertz CT molecular complexity index is 322. The van der Waals surface area contributed by atoms with Gasteiger partial charge in [-0.25, -0.2) is 0 Å². The first kappa shape index (κ1) is 12.8. The molecule has 0 fully saturated rings. The summed E-state index contributed by atoms with van der Waals surface area (Å²) >= 11 is 0. The van der Waals surface area contributed by atoms with Crippen LogP contribution in [0.4, 0.5) is 0 Å². The van der Waals surface area contributed by atoms with Crippen LogP contribution in [0.15, 0.2) is 22.8 Å². The van der Waals surface area contributed by atoms with Crippen LogP contribution < -0.4 is 0 Å². The van der Waals surface area contributed by atoms with Crippen molar-refractivity contribution in [3.05, 3.63) is 24.2 Å². The van der Waals surface area contributed by atoms with Crippen LogP contribution in [0.25, 0.3) is 0 Å². The van der Waals surface area contributed by atoms with Crippen molar-refractivity contribution in [3.63, 3.8) is 0 Å². The first-order valence-electron chi connectivity index (χ1n) is 5.65. The van der Waals surface area contributed by atoms with Gasteiger partial charge in [0.2, 0.25) is 5.91 Å². The maximum absolute atomic E-state index is 11.8. The Morgan fingerprint density at radius 1 is 1.44 bits per heavy atom. The number of carbonyl (C=O) groups excluding carboxylic acids is 1. The Morgan fingerprint density at radius 2 is 2.12 bits per heavy atom. The Kier molecular flexibility index (Phi) is 4.16. The number of furan rings is 1. The van der Waals surface area contributed by atoms with Gasteiger partial charge in [-0.1, -0.05) is 20.8 Å². The third-order valence-corrected chi connectivity index (χ3v) is 2.38. The zero-order valence-corrected chi connectivity index (χ0v) is 10.6. The van der Waals surface area contributed by atoms with E-state index in [0.29, 0.717) is 13.0 Å². The van der Waals surface area contributed by atoms with E-state index in [1.165, 1.54) is 0 Å². The molecule has 16 heavy (non-hydrogen) atoms. The molecule has 0 aromatic carbocycles. The summed E-state index contributed by atoms with van der Waals surface area (Å²) in [6, 6.07) is 3.80. The summed E-state index contributed by atoms with van der Waals surface area (Å²) in [4.78, 5) is 13.6. The fourth-order valence-electron chi connectivity index (χ4n) is 1.45. The van der Waals surface area contributed by atoms with Gasteiger partial charge in [0.15, 0.2) is 0 Å². The molecular weight excluding hydrogens is 202 g/mol. The second-order valence-corrected chi connectivity index (χ2v) is 5.38. The van der Waals surface area contributed by atoms with Crippen molar-refractivity contribution in [2.24, 2.45) is 5.41 Å². The average Bonchev–Trinajstić information content (AvgIpc) is 2.63. The molecule has 0 spiro atoms. The summed E-state index contributed by atoms with van der Waals surface area (Å²) in [5, 5.41) is 0. The van der Waals surface area contributed by atoms with E-state index in [2.05, 4.69) is 20.8 Å². The molecule has 0 aliphatic rings. The lowest BCUT2D eigenvalue weighted by Crippen LogP contribution is -2.31. The van der Waals surface area contributed by atoms with E-state index in [-0.39, 0.29) is 11.3 Å². The van der Waals surface area contributed by atoms with Crippen molar-refractivity contribution in [2.75, 3.05) is 13.6 Å². The molecule has 1 rings (SSSR count). The molecule has 0 aliphatic carbocycles. The largest absolute Gasteiger partial charge is 0.469 e. The zero-order valence-electron chi connectivity index (χ0n) is 10.6. The highest BCUT2D eigenvalue weighted by atomic mass is 16.3. The van der Waals surface area contributed by atoms with E-state index < -0.39 is 0 Å². The van der Waals surface area contributed by atoms with Crippen molar-refractivity contribution in [1.29, 1.82) is 0 Å². The van der Waals surface area contributed by atoms with Crippen LogP contribution >= 0.6 is 0 Å². The van der Waals surface area contributed by atoms with Crippen LogP contribution in [0.1, 0.15) is 33.0 Å². The molecule has 0 bridgehead atoms. The SMILES string of the molecule is CN(CCc1ccco1)C(=O)CC(C)(C)C. The highest BCUT2D eigenvalue weighted by Crippen LogP contribution is 2.19. The lowest BCUT2D eigenvalue weighted by molar-refractivity contribution is -0.131. The third kappa shape index (κ3) is 4.51. The molecule has 0 aliphatic heterocycles. The first-order valence-corrected chi connectivity index (χ1v) is 5.65. The summed E-state index contributed by atoms with van der Waals surface area (Å²) in [5.74, 6) is 1.12. The van der Waals surface area contributed by atoms with Crippen molar-refractivity contribution >= 4 is 5.91 Å². The highest BCUT2D eigenvalue weighted by molar-refractivity contribution is 5.76. The number of nitrogens with zero attached hydrogens (tertiary/aromatic N) is 1. The van der Waals surface area contributed by atoms with Crippen molar-refractivity contribution in [2.45, 2.75) is 33.6 Å². The maximum atomic E-state index is 11.8. The van der Waals surface area contributed by atoms with E-state index in [1.807, 2.05) is 19.2 Å². The lowest BCUT2D eigenvalue weighted by Gasteiger charge is -2.22. The van der Waals surface area contributed by atoms with E-state index in [9.17, 15) is 4.79 Å². The van der Waals surface area contributed by atoms with Crippen molar-refractivity contribution < 1.29 is 9.21 Å². The number of hydrogen-bond donors (Lipinski definition) is 0. The van der Waals surface area contributed by atoms with Gasteiger partial charge in [-0.05, 0) is 17.5 Å². The fourth-order valence-corrected chi connectivity index (χ4v) is 1.45. The molecule has 3 heteroatoms. The van der Waals surface area contributed by atoms with E-state index in [0.717, 1.165) is 12.2 Å². The van der Waals surface area contributed by atoms with Gasteiger partial charge in [0.1, 0.15) is 5.76 Å². The summed E-state index contributed by atoms with van der Waals surface area (Å²) in [7, 11) is 1.84. The van der Waals surface area contributed by atoms with Gasteiger partial charge < -0.3 is 9.32 Å². The van der Waals surface area contributed by atoms with Crippen molar-refractivity contribution in [3.8, 4) is 0 Å². The Morgan fingerprint density at radius 3 is 2.62 bits per heavy atom. The summed E-state index contributed by atoms with van der Waals surface area (Å²) < 4.78 is 5.23. The molecule has 90 valence electrons. The molecule has 1 amide bonds. The lowest BCUT2D eigenvalue weighted by atomic mass is 9.92. The van der Waals surface area contributed by atoms with Crippen molar-refractivity contribution in [1.82, 2.24) is 4.90 Å². The Hall–Kier alpha value is -1.25. The number of amides is 1. The molecule has 0 saturated carbocycles. The Balaban J connectivity index is 2.35. The van der Waals surface area contributed by atoms with Gasteiger partial charge in [-0.2, -0.15) is 0 Å². The molecule has 0 N–H and O–H groups in total. The predicted molar refractivity (Wildman–Crippen MR) is 64.1 cm³/mol. The molecular formula is C13H21NO2. The maximum Gasteiger partial charge on any atom is 0.222 e. The summed E-state index contributed by atoms with van der Waals surface area (Å²) in [6.07, 6.45) is 3.02. The monoisotopic (exact) mass is 223 g/mol. The Labute approximate surface area is 97.4 Å². The summed E-state index contributed by atoms with van der Waals surface area (Å²) in [6.45, 7) is 6.93. The number of likely N-dealkylation sites (N-methyl/N-ethyl adjacent to an activating group) is 1. The van der Waals surface area contributed by atoms with E-state index in [4.69, 9.17) is 4.42 Å². The minimum absolute atomic E-state index is 0.0516. The first-order chi connectivity index (χ1) is 7.38. The second kappa shape index (κ2) is 5.19. The van der Waals surface area contributed by atoms with Crippen LogP contribution in [0.3, 0.4) is 0 Å². The standard InChI is InChI=1S/C13H21NO2/c1-13(2,3)10-12(15)14(4)8-7-11-6-5-9-16-11/h5-6,9H,7-8,10H2,1-4H3. The molecule has 1 aromatic heterocycles. The van der Waals surface area contributed by atoms with Gasteiger partial charge in [-0.3, -0.25) is 4.79 Å². The summed E-state index contributed by atoms with van der Waals surface area (Å²) in [5.41, 5.74) is 0.0516. The van der Waals surface area contributed by atoms with Crippen LogP contribution in [0.5, 0.6) is 0 Å². The second-order valence-electron chi connectivity index (χ2n) is 5.38. The topological polar surface area (TPSA) is 33.5 Å². The van der Waals surface area contributed by atoms with Crippen LogP contribution in [0, 0.1) is 5.41 Å². The van der Waals surface area contributed by atoms with E-state index in [1.54, 1.807) is 11.2 Å².